The molecular formula is C14H16F4O2. The second-order valence-corrected chi connectivity index (χ2v) is 4.32. The Bertz CT molecular complexity index is 469. The molecular weight excluding hydrogens is 276 g/mol. The zero-order valence-corrected chi connectivity index (χ0v) is 11.3. The molecule has 2 nitrogen and oxygen atoms in total. The minimum absolute atomic E-state index is 0.0994. The van der Waals surface area contributed by atoms with Gasteiger partial charge in [-0.25, -0.2) is 4.39 Å². The van der Waals surface area contributed by atoms with Crippen molar-refractivity contribution in [2.24, 2.45) is 0 Å². The molecule has 0 spiro atoms. The Morgan fingerprint density at radius 1 is 1.25 bits per heavy atom. The summed E-state index contributed by atoms with van der Waals surface area (Å²) in [6, 6.07) is 2.07. The molecule has 0 saturated carbocycles. The first-order valence-electron chi connectivity index (χ1n) is 6.31. The van der Waals surface area contributed by atoms with Crippen molar-refractivity contribution in [3.8, 4) is 0 Å². The maximum atomic E-state index is 13.3. The predicted molar refractivity (Wildman–Crippen MR) is 65.7 cm³/mol. The minimum Gasteiger partial charge on any atom is -0.366 e. The van der Waals surface area contributed by atoms with Crippen LogP contribution in [-0.4, -0.2) is 12.4 Å². The molecule has 0 aliphatic rings. The Morgan fingerprint density at radius 2 is 1.90 bits per heavy atom. The van der Waals surface area contributed by atoms with E-state index >= 15 is 0 Å². The summed E-state index contributed by atoms with van der Waals surface area (Å²) in [5.74, 6) is -1.39. The number of carbonyl (C=O) groups is 1. The molecule has 6 heteroatoms. The van der Waals surface area contributed by atoms with Crippen molar-refractivity contribution in [1.29, 1.82) is 0 Å². The monoisotopic (exact) mass is 292 g/mol. The van der Waals surface area contributed by atoms with Gasteiger partial charge in [-0.2, -0.15) is 13.2 Å². The number of hydrogen-bond donors (Lipinski definition) is 0. The van der Waals surface area contributed by atoms with Gasteiger partial charge in [0.15, 0.2) is 5.78 Å². The van der Waals surface area contributed by atoms with E-state index in [1.807, 2.05) is 0 Å². The Balaban J connectivity index is 3.19. The van der Waals surface area contributed by atoms with Crippen LogP contribution in [0.4, 0.5) is 17.6 Å². The summed E-state index contributed by atoms with van der Waals surface area (Å²) in [4.78, 5) is 11.9. The molecule has 0 aliphatic carbocycles. The van der Waals surface area contributed by atoms with Gasteiger partial charge in [-0.1, -0.05) is 6.92 Å². The van der Waals surface area contributed by atoms with Gasteiger partial charge < -0.3 is 4.74 Å². The van der Waals surface area contributed by atoms with E-state index < -0.39 is 23.7 Å². The number of ketones is 1. The number of carbonyl (C=O) groups excluding carboxylic acids is 1. The lowest BCUT2D eigenvalue weighted by Crippen LogP contribution is -2.17. The number of alkyl halides is 3. The molecule has 1 atom stereocenters. The van der Waals surface area contributed by atoms with Gasteiger partial charge in [0.1, 0.15) is 11.9 Å². The van der Waals surface area contributed by atoms with Crippen LogP contribution in [0, 0.1) is 5.82 Å². The molecule has 1 rings (SSSR count). The Kier molecular flexibility index (Phi) is 5.68. The number of ether oxygens (including phenoxy) is 1. The van der Waals surface area contributed by atoms with Crippen molar-refractivity contribution in [3.05, 3.63) is 35.1 Å². The second-order valence-electron chi connectivity index (χ2n) is 4.32. The average Bonchev–Trinajstić information content (AvgIpc) is 2.34. The lowest BCUT2D eigenvalue weighted by molar-refractivity contribution is -0.138. The molecule has 20 heavy (non-hydrogen) atoms. The lowest BCUT2D eigenvalue weighted by atomic mass is 10.00. The van der Waals surface area contributed by atoms with E-state index in [9.17, 15) is 22.4 Å². The lowest BCUT2D eigenvalue weighted by Gasteiger charge is -2.18. The normalized spacial score (nSPS) is 13.3. The minimum atomic E-state index is -4.67. The standard InChI is InChI=1S/C14H16F4O2/c1-3-5-12(19)13(20-4-2)9-6-10(14(16,17)18)8-11(15)7-9/h6-8,13H,3-5H2,1-2H3. The van der Waals surface area contributed by atoms with Crippen LogP contribution in [-0.2, 0) is 15.7 Å². The van der Waals surface area contributed by atoms with E-state index in [0.717, 1.165) is 12.1 Å². The fourth-order valence-corrected chi connectivity index (χ4v) is 1.85. The summed E-state index contributed by atoms with van der Waals surface area (Å²) in [5, 5.41) is 0. The van der Waals surface area contributed by atoms with Crippen molar-refractivity contribution in [2.45, 2.75) is 39.0 Å². The number of benzene rings is 1. The number of rotatable bonds is 6. The first kappa shape index (κ1) is 16.6. The molecule has 0 amide bonds. The Labute approximate surface area is 114 Å². The third-order valence-electron chi connectivity index (χ3n) is 2.67. The van der Waals surface area contributed by atoms with Gasteiger partial charge in [0, 0.05) is 13.0 Å². The van der Waals surface area contributed by atoms with Crippen LogP contribution in [0.15, 0.2) is 18.2 Å². The maximum absolute atomic E-state index is 13.3. The van der Waals surface area contributed by atoms with E-state index in [4.69, 9.17) is 4.74 Å². The molecule has 0 N–H and O–H groups in total. The Morgan fingerprint density at radius 3 is 2.40 bits per heavy atom. The van der Waals surface area contributed by atoms with Gasteiger partial charge in [-0.05, 0) is 37.1 Å². The summed E-state index contributed by atoms with van der Waals surface area (Å²) < 4.78 is 56.5. The van der Waals surface area contributed by atoms with Gasteiger partial charge >= 0.3 is 6.18 Å². The first-order chi connectivity index (χ1) is 9.29. The van der Waals surface area contributed by atoms with Gasteiger partial charge in [0.05, 0.1) is 5.56 Å². The molecule has 0 saturated heterocycles. The molecule has 1 aromatic rings. The number of Topliss-reactive ketones (excluding diaryl/α,β-unsaturated/α-hetero) is 1. The van der Waals surface area contributed by atoms with E-state index in [2.05, 4.69) is 0 Å². The topological polar surface area (TPSA) is 26.3 Å². The number of halogens is 4. The summed E-state index contributed by atoms with van der Waals surface area (Å²) in [6.07, 6.45) is -5.11. The van der Waals surface area contributed by atoms with Gasteiger partial charge in [0.25, 0.3) is 0 Å². The highest BCUT2D eigenvalue weighted by Gasteiger charge is 2.33. The maximum Gasteiger partial charge on any atom is 0.416 e. The van der Waals surface area contributed by atoms with Crippen LogP contribution in [0.25, 0.3) is 0 Å². The van der Waals surface area contributed by atoms with Gasteiger partial charge in [-0.15, -0.1) is 0 Å². The van der Waals surface area contributed by atoms with Crippen LogP contribution >= 0.6 is 0 Å². The zero-order valence-electron chi connectivity index (χ0n) is 11.3. The van der Waals surface area contributed by atoms with E-state index in [1.165, 1.54) is 0 Å². The molecule has 1 aromatic carbocycles. The Hall–Kier alpha value is -1.43. The molecule has 0 aliphatic heterocycles. The van der Waals surface area contributed by atoms with Crippen molar-refractivity contribution in [1.82, 2.24) is 0 Å². The third-order valence-corrected chi connectivity index (χ3v) is 2.67. The SMILES string of the molecule is CCCC(=O)C(OCC)c1cc(F)cc(C(F)(F)F)c1. The average molecular weight is 292 g/mol. The van der Waals surface area contributed by atoms with Crippen LogP contribution in [0.1, 0.15) is 43.9 Å². The van der Waals surface area contributed by atoms with Crippen molar-refractivity contribution in [2.75, 3.05) is 6.61 Å². The highest BCUT2D eigenvalue weighted by atomic mass is 19.4. The van der Waals surface area contributed by atoms with Gasteiger partial charge in [0.2, 0.25) is 0 Å². The molecule has 0 fully saturated rings. The van der Waals surface area contributed by atoms with Crippen molar-refractivity contribution in [3.63, 3.8) is 0 Å². The number of hydrogen-bond acceptors (Lipinski definition) is 2. The second kappa shape index (κ2) is 6.83. The molecule has 1 unspecified atom stereocenters. The zero-order chi connectivity index (χ0) is 15.3. The summed E-state index contributed by atoms with van der Waals surface area (Å²) in [5.41, 5.74) is -1.22. The van der Waals surface area contributed by atoms with Crippen molar-refractivity contribution >= 4 is 5.78 Å². The molecule has 112 valence electrons. The predicted octanol–water partition coefficient (Wildman–Crippen LogP) is 4.29. The fourth-order valence-electron chi connectivity index (χ4n) is 1.85. The van der Waals surface area contributed by atoms with Crippen LogP contribution < -0.4 is 0 Å². The molecule has 0 heterocycles. The largest absolute Gasteiger partial charge is 0.416 e. The van der Waals surface area contributed by atoms with E-state index in [-0.39, 0.29) is 24.4 Å². The van der Waals surface area contributed by atoms with Crippen LogP contribution in [0.3, 0.4) is 0 Å². The fraction of sp³-hybridized carbons (Fsp3) is 0.500. The highest BCUT2D eigenvalue weighted by molar-refractivity contribution is 5.84. The molecule has 0 bridgehead atoms. The van der Waals surface area contributed by atoms with Crippen LogP contribution in [0.5, 0.6) is 0 Å². The quantitative estimate of drug-likeness (QED) is 0.731. The first-order valence-corrected chi connectivity index (χ1v) is 6.31. The summed E-state index contributed by atoms with van der Waals surface area (Å²) in [7, 11) is 0. The van der Waals surface area contributed by atoms with Gasteiger partial charge in [-0.3, -0.25) is 4.79 Å². The van der Waals surface area contributed by atoms with Crippen LogP contribution in [0.2, 0.25) is 0 Å². The van der Waals surface area contributed by atoms with E-state index in [1.54, 1.807) is 13.8 Å². The molecule has 0 aromatic heterocycles. The molecule has 0 radical (unpaired) electrons. The van der Waals surface area contributed by atoms with Crippen molar-refractivity contribution < 1.29 is 27.1 Å². The highest BCUT2D eigenvalue weighted by Crippen LogP contribution is 2.33. The summed E-state index contributed by atoms with van der Waals surface area (Å²) in [6.45, 7) is 3.54. The third kappa shape index (κ3) is 4.30. The summed E-state index contributed by atoms with van der Waals surface area (Å²) >= 11 is 0. The smallest absolute Gasteiger partial charge is 0.366 e. The van der Waals surface area contributed by atoms with E-state index in [0.29, 0.717) is 12.5 Å².